The van der Waals surface area contributed by atoms with Crippen molar-refractivity contribution in [3.8, 4) is 0 Å². The molecule has 3 rings (SSSR count). The predicted molar refractivity (Wildman–Crippen MR) is 82.3 cm³/mol. The van der Waals surface area contributed by atoms with Gasteiger partial charge in [0, 0.05) is 24.9 Å². The van der Waals surface area contributed by atoms with Crippen LogP contribution in [0, 0.1) is 11.8 Å². The average molecular weight is 352 g/mol. The number of amides is 2. The van der Waals surface area contributed by atoms with E-state index in [9.17, 15) is 9.59 Å². The molecular formula is C14H17Cl3N2O2. The number of carbonyl (C=O) groups is 2. The Balaban J connectivity index is 1.75. The second-order valence-electron chi connectivity index (χ2n) is 6.05. The third kappa shape index (κ3) is 3.03. The molecule has 116 valence electrons. The van der Waals surface area contributed by atoms with Gasteiger partial charge in [-0.3, -0.25) is 9.59 Å². The van der Waals surface area contributed by atoms with Gasteiger partial charge in [0.15, 0.2) is 0 Å². The molecule has 21 heavy (non-hydrogen) atoms. The van der Waals surface area contributed by atoms with Crippen LogP contribution in [-0.2, 0) is 9.59 Å². The predicted octanol–water partition coefficient (Wildman–Crippen LogP) is 2.43. The molecule has 2 heterocycles. The zero-order valence-electron chi connectivity index (χ0n) is 11.4. The van der Waals surface area contributed by atoms with E-state index in [0.29, 0.717) is 24.9 Å². The molecular weight excluding hydrogens is 335 g/mol. The first-order valence-corrected chi connectivity index (χ1v) is 8.35. The smallest absolute Gasteiger partial charge is 0.272 e. The van der Waals surface area contributed by atoms with E-state index in [0.717, 1.165) is 19.3 Å². The molecule has 0 spiro atoms. The molecule has 4 atom stereocenters. The summed E-state index contributed by atoms with van der Waals surface area (Å²) in [5, 5.41) is 2.77. The molecule has 0 aromatic rings. The van der Waals surface area contributed by atoms with Crippen LogP contribution in [-0.4, -0.2) is 39.1 Å². The molecule has 0 unspecified atom stereocenters. The fourth-order valence-electron chi connectivity index (χ4n) is 3.75. The number of hydrogen-bond donors (Lipinski definition) is 1. The van der Waals surface area contributed by atoms with Crippen molar-refractivity contribution in [3.63, 3.8) is 0 Å². The van der Waals surface area contributed by atoms with Gasteiger partial charge in [0.25, 0.3) is 9.70 Å². The molecule has 2 aliphatic heterocycles. The summed E-state index contributed by atoms with van der Waals surface area (Å²) in [6, 6.07) is 0.142. The van der Waals surface area contributed by atoms with Crippen molar-refractivity contribution >= 4 is 46.6 Å². The quantitative estimate of drug-likeness (QED) is 0.583. The monoisotopic (exact) mass is 350 g/mol. The molecule has 0 saturated carbocycles. The van der Waals surface area contributed by atoms with E-state index < -0.39 is 9.70 Å². The molecule has 0 radical (unpaired) electrons. The molecule has 2 amide bonds. The Morgan fingerprint density at radius 2 is 2.10 bits per heavy atom. The maximum atomic E-state index is 12.1. The third-order valence-electron chi connectivity index (χ3n) is 4.74. The highest BCUT2D eigenvalue weighted by atomic mass is 35.6. The molecule has 1 aliphatic carbocycles. The maximum absolute atomic E-state index is 12.1. The van der Waals surface area contributed by atoms with Gasteiger partial charge < -0.3 is 10.2 Å². The second-order valence-corrected chi connectivity index (χ2v) is 8.33. The molecule has 0 aromatic heterocycles. The van der Waals surface area contributed by atoms with Crippen molar-refractivity contribution in [2.24, 2.45) is 11.8 Å². The SMILES string of the molecule is O=C1CCC[C@H]2[C@H]3C=C[C@@H](NC(=O)C(Cl)(Cl)Cl)[C@H](C3)CN12. The van der Waals surface area contributed by atoms with Crippen LogP contribution in [0.4, 0.5) is 0 Å². The first-order valence-electron chi connectivity index (χ1n) is 7.22. The van der Waals surface area contributed by atoms with E-state index in [1.54, 1.807) is 0 Å². The average Bonchev–Trinajstić information content (AvgIpc) is 2.42. The van der Waals surface area contributed by atoms with Crippen LogP contribution in [0.25, 0.3) is 0 Å². The van der Waals surface area contributed by atoms with E-state index in [2.05, 4.69) is 11.4 Å². The summed E-state index contributed by atoms with van der Waals surface area (Å²) in [7, 11) is 0. The zero-order chi connectivity index (χ0) is 15.2. The number of alkyl halides is 3. The van der Waals surface area contributed by atoms with Gasteiger partial charge >= 0.3 is 0 Å². The molecule has 0 aromatic carbocycles. The van der Waals surface area contributed by atoms with Crippen LogP contribution < -0.4 is 5.32 Å². The van der Waals surface area contributed by atoms with Gasteiger partial charge in [-0.1, -0.05) is 47.0 Å². The summed E-state index contributed by atoms with van der Waals surface area (Å²) in [6.45, 7) is 0.676. The van der Waals surface area contributed by atoms with Crippen molar-refractivity contribution in [1.29, 1.82) is 0 Å². The highest BCUT2D eigenvalue weighted by molar-refractivity contribution is 6.76. The number of halogens is 3. The number of piperidine rings is 2. The van der Waals surface area contributed by atoms with Crippen LogP contribution in [0.2, 0.25) is 0 Å². The third-order valence-corrected chi connectivity index (χ3v) is 5.26. The number of carbonyl (C=O) groups excluding carboxylic acids is 2. The lowest BCUT2D eigenvalue weighted by Gasteiger charge is -2.50. The molecule has 7 heteroatoms. The largest absolute Gasteiger partial charge is 0.346 e. The fourth-order valence-corrected chi connectivity index (χ4v) is 3.91. The summed E-state index contributed by atoms with van der Waals surface area (Å²) >= 11 is 16.8. The van der Waals surface area contributed by atoms with Crippen LogP contribution >= 0.6 is 34.8 Å². The van der Waals surface area contributed by atoms with Crippen LogP contribution in [0.3, 0.4) is 0 Å². The lowest BCUT2D eigenvalue weighted by atomic mass is 9.73. The van der Waals surface area contributed by atoms with E-state index in [1.165, 1.54) is 0 Å². The van der Waals surface area contributed by atoms with Crippen molar-refractivity contribution in [3.05, 3.63) is 12.2 Å². The molecule has 4 nitrogen and oxygen atoms in total. The van der Waals surface area contributed by atoms with E-state index >= 15 is 0 Å². The Morgan fingerprint density at radius 3 is 2.81 bits per heavy atom. The standard InChI is InChI=1S/C14H17Cl3N2O2/c15-14(16,17)13(21)18-10-5-4-8-6-9(10)7-19-11(8)2-1-3-12(19)20/h4-5,8-11H,1-3,6-7H2,(H,18,21)/t8-,9+,10+,11-/m0/s1. The normalized spacial score (nSPS) is 35.4. The first kappa shape index (κ1) is 15.4. The summed E-state index contributed by atoms with van der Waals surface area (Å²) in [4.78, 5) is 25.9. The Labute approximate surface area is 138 Å². The summed E-state index contributed by atoms with van der Waals surface area (Å²) in [5.74, 6) is 0.180. The number of rotatable bonds is 1. The van der Waals surface area contributed by atoms with Gasteiger partial charge in [0.1, 0.15) is 0 Å². The number of nitrogens with zero attached hydrogens (tertiary/aromatic N) is 1. The van der Waals surface area contributed by atoms with Gasteiger partial charge in [-0.15, -0.1) is 0 Å². The minimum Gasteiger partial charge on any atom is -0.346 e. The van der Waals surface area contributed by atoms with E-state index in [4.69, 9.17) is 34.8 Å². The minimum atomic E-state index is -1.96. The summed E-state index contributed by atoms with van der Waals surface area (Å²) in [5.41, 5.74) is 0. The highest BCUT2D eigenvalue weighted by Gasteiger charge is 2.44. The van der Waals surface area contributed by atoms with Crippen LogP contribution in [0.1, 0.15) is 25.7 Å². The summed E-state index contributed by atoms with van der Waals surface area (Å²) < 4.78 is -1.96. The van der Waals surface area contributed by atoms with Crippen molar-refractivity contribution in [1.82, 2.24) is 10.2 Å². The Bertz CT molecular complexity index is 489. The number of fused-ring (bicyclic) bond motifs is 4. The molecule has 2 bridgehead atoms. The Kier molecular flexibility index (Phi) is 4.15. The van der Waals surface area contributed by atoms with Crippen molar-refractivity contribution in [2.75, 3.05) is 6.54 Å². The minimum absolute atomic E-state index is 0.181. The first-order chi connectivity index (χ1) is 9.86. The highest BCUT2D eigenvalue weighted by Crippen LogP contribution is 2.39. The van der Waals surface area contributed by atoms with Gasteiger partial charge in [-0.05, 0) is 25.2 Å². The van der Waals surface area contributed by atoms with Crippen LogP contribution in [0.5, 0.6) is 0 Å². The van der Waals surface area contributed by atoms with Gasteiger partial charge in [0.2, 0.25) is 5.91 Å². The fraction of sp³-hybridized carbons (Fsp3) is 0.714. The number of hydrogen-bond acceptors (Lipinski definition) is 2. The Morgan fingerprint density at radius 1 is 1.33 bits per heavy atom. The van der Waals surface area contributed by atoms with E-state index in [-0.39, 0.29) is 17.9 Å². The molecule has 2 fully saturated rings. The second kappa shape index (κ2) is 5.64. The molecule has 1 N–H and O–H groups in total. The van der Waals surface area contributed by atoms with Gasteiger partial charge in [-0.25, -0.2) is 0 Å². The van der Waals surface area contributed by atoms with Crippen LogP contribution in [0.15, 0.2) is 12.2 Å². The van der Waals surface area contributed by atoms with Gasteiger partial charge in [-0.2, -0.15) is 0 Å². The molecule has 2 saturated heterocycles. The maximum Gasteiger partial charge on any atom is 0.272 e. The van der Waals surface area contributed by atoms with Gasteiger partial charge in [0.05, 0.1) is 6.04 Å². The summed E-state index contributed by atoms with van der Waals surface area (Å²) in [6.07, 6.45) is 7.74. The topological polar surface area (TPSA) is 49.4 Å². The lowest BCUT2D eigenvalue weighted by Crippen LogP contribution is -2.59. The Hall–Kier alpha value is -0.450. The van der Waals surface area contributed by atoms with Crippen molar-refractivity contribution in [2.45, 2.75) is 41.6 Å². The number of nitrogens with one attached hydrogen (secondary N) is 1. The van der Waals surface area contributed by atoms with E-state index in [1.807, 2.05) is 11.0 Å². The molecule has 3 aliphatic rings. The van der Waals surface area contributed by atoms with Crippen molar-refractivity contribution < 1.29 is 9.59 Å². The lowest BCUT2D eigenvalue weighted by molar-refractivity contribution is -0.141. The zero-order valence-corrected chi connectivity index (χ0v) is 13.7.